The third kappa shape index (κ3) is 5.01. The van der Waals surface area contributed by atoms with Crippen molar-refractivity contribution in [2.45, 2.75) is 51.6 Å². The van der Waals surface area contributed by atoms with Crippen LogP contribution < -0.4 is 0 Å². The molecule has 1 aliphatic carbocycles. The van der Waals surface area contributed by atoms with Gasteiger partial charge in [0.15, 0.2) is 0 Å². The van der Waals surface area contributed by atoms with E-state index in [0.29, 0.717) is 11.8 Å². The normalized spacial score (nSPS) is 27.6. The topological polar surface area (TPSA) is 81.2 Å². The van der Waals surface area contributed by atoms with E-state index in [0.717, 1.165) is 89.2 Å². The average molecular weight is 530 g/mol. The number of carbonyl (C=O) groups is 3. The molecule has 0 bridgehead atoms. The number of hydrogen-bond acceptors (Lipinski definition) is 5. The second-order valence-corrected chi connectivity index (χ2v) is 11.4. The highest BCUT2D eigenvalue weighted by Crippen LogP contribution is 2.62. The minimum atomic E-state index is -5.08. The van der Waals surface area contributed by atoms with Crippen molar-refractivity contribution in [1.82, 2.24) is 14.7 Å². The van der Waals surface area contributed by atoms with Gasteiger partial charge >= 0.3 is 12.1 Å². The number of alkyl halides is 3. The van der Waals surface area contributed by atoms with Gasteiger partial charge in [-0.15, -0.1) is 11.3 Å². The number of carbonyl (C=O) groups excluding carboxylic acids is 2. The van der Waals surface area contributed by atoms with Gasteiger partial charge in [-0.2, -0.15) is 13.2 Å². The van der Waals surface area contributed by atoms with Crippen molar-refractivity contribution in [2.24, 2.45) is 16.7 Å². The minimum absolute atomic E-state index is 0.166. The molecule has 4 fully saturated rings. The SMILES string of the molecule is CCN1C[C@H]2C3(CCN(C(=O)c4cccs4)CC3)CC[C@@]2(C(=O)N2CCCC2)C1.O=C(O)C(F)(F)F. The molecule has 4 heterocycles. The Balaban J connectivity index is 0.000000384. The van der Waals surface area contributed by atoms with E-state index < -0.39 is 12.1 Å². The second kappa shape index (κ2) is 10.3. The van der Waals surface area contributed by atoms with Crippen LogP contribution in [0.15, 0.2) is 17.5 Å². The molecule has 1 aromatic heterocycles. The van der Waals surface area contributed by atoms with Crippen molar-refractivity contribution in [1.29, 1.82) is 0 Å². The summed E-state index contributed by atoms with van der Waals surface area (Å²) >= 11 is 1.54. The van der Waals surface area contributed by atoms with Crippen molar-refractivity contribution < 1.29 is 32.7 Å². The summed E-state index contributed by atoms with van der Waals surface area (Å²) < 4.78 is 31.7. The Morgan fingerprint density at radius 2 is 1.69 bits per heavy atom. The monoisotopic (exact) mass is 529 g/mol. The number of rotatable bonds is 3. The quantitative estimate of drug-likeness (QED) is 0.641. The Morgan fingerprint density at radius 1 is 1.06 bits per heavy atom. The van der Waals surface area contributed by atoms with Gasteiger partial charge in [-0.1, -0.05) is 13.0 Å². The Morgan fingerprint density at radius 3 is 2.22 bits per heavy atom. The molecule has 0 aromatic carbocycles. The minimum Gasteiger partial charge on any atom is -0.475 e. The number of nitrogens with zero attached hydrogens (tertiary/aromatic N) is 3. The highest BCUT2D eigenvalue weighted by Gasteiger charge is 2.64. The van der Waals surface area contributed by atoms with E-state index in [1.54, 1.807) is 0 Å². The predicted octanol–water partition coefficient (Wildman–Crippen LogP) is 3.96. The maximum absolute atomic E-state index is 13.7. The zero-order valence-electron chi connectivity index (χ0n) is 20.6. The molecule has 0 unspecified atom stereocenters. The van der Waals surface area contributed by atoms with Crippen LogP contribution in [0.2, 0.25) is 0 Å². The van der Waals surface area contributed by atoms with Crippen LogP contribution >= 0.6 is 11.3 Å². The van der Waals surface area contributed by atoms with Gasteiger partial charge in [0.25, 0.3) is 5.91 Å². The van der Waals surface area contributed by atoms with E-state index in [1.165, 1.54) is 11.3 Å². The first kappa shape index (κ1) is 26.9. The summed E-state index contributed by atoms with van der Waals surface area (Å²) in [7, 11) is 0. The smallest absolute Gasteiger partial charge is 0.475 e. The standard InChI is InChI=1S/C23H33N3O2S.C2HF3O2/c1-2-24-16-19-22(7-8-23(19,17-24)21(28)26-11-3-4-12-26)9-13-25(14-10-22)20(27)18-6-5-15-29-18;3-2(4,5)1(6)7/h5-6,15,19H,2-4,7-14,16-17H2,1H3;(H,6,7)/t19-,23+;/m0./s1. The van der Waals surface area contributed by atoms with Crippen molar-refractivity contribution in [2.75, 3.05) is 45.8 Å². The van der Waals surface area contributed by atoms with Gasteiger partial charge in [0.05, 0.1) is 10.3 Å². The molecule has 3 saturated heterocycles. The van der Waals surface area contributed by atoms with Crippen LogP contribution in [0.3, 0.4) is 0 Å². The number of carboxylic acid groups (broad SMARTS) is 1. The first-order chi connectivity index (χ1) is 17.0. The highest BCUT2D eigenvalue weighted by atomic mass is 32.1. The average Bonchev–Trinajstić information content (AvgIpc) is 3.65. The number of aliphatic carboxylic acids is 1. The van der Waals surface area contributed by atoms with E-state index in [-0.39, 0.29) is 16.7 Å². The molecule has 1 saturated carbocycles. The van der Waals surface area contributed by atoms with Crippen LogP contribution in [0, 0.1) is 16.7 Å². The number of halogens is 3. The molecule has 1 N–H and O–H groups in total. The molecule has 1 aromatic rings. The van der Waals surface area contributed by atoms with Crippen LogP contribution in [-0.2, 0) is 9.59 Å². The molecule has 1 spiro atoms. The van der Waals surface area contributed by atoms with Crippen LogP contribution in [0.4, 0.5) is 13.2 Å². The first-order valence-corrected chi connectivity index (χ1v) is 13.5. The third-order valence-corrected chi connectivity index (χ3v) is 9.57. The van der Waals surface area contributed by atoms with Gasteiger partial charge < -0.3 is 19.8 Å². The Bertz CT molecular complexity index is 956. The lowest BCUT2D eigenvalue weighted by Crippen LogP contribution is -2.50. The summed E-state index contributed by atoms with van der Waals surface area (Å²) in [6.07, 6.45) is 1.56. The molecule has 7 nitrogen and oxygen atoms in total. The van der Waals surface area contributed by atoms with Crippen molar-refractivity contribution >= 4 is 29.1 Å². The third-order valence-electron chi connectivity index (χ3n) is 8.71. The van der Waals surface area contributed by atoms with E-state index in [9.17, 15) is 22.8 Å². The van der Waals surface area contributed by atoms with Crippen molar-refractivity contribution in [3.8, 4) is 0 Å². The summed E-state index contributed by atoms with van der Waals surface area (Å²) in [5, 5.41) is 9.10. The Labute approximate surface area is 213 Å². The fourth-order valence-electron chi connectivity index (χ4n) is 6.80. The summed E-state index contributed by atoms with van der Waals surface area (Å²) in [6.45, 7) is 8.86. The molecule has 2 atom stereocenters. The van der Waals surface area contributed by atoms with E-state index >= 15 is 0 Å². The maximum atomic E-state index is 13.7. The molecule has 5 rings (SSSR count). The number of thiophene rings is 1. The fourth-order valence-corrected chi connectivity index (χ4v) is 7.49. The largest absolute Gasteiger partial charge is 0.490 e. The number of amides is 2. The lowest BCUT2D eigenvalue weighted by atomic mass is 9.65. The molecular weight excluding hydrogens is 495 g/mol. The number of carboxylic acids is 1. The van der Waals surface area contributed by atoms with Gasteiger partial charge in [0, 0.05) is 39.3 Å². The predicted molar refractivity (Wildman–Crippen MR) is 129 cm³/mol. The molecule has 4 aliphatic rings. The fraction of sp³-hybridized carbons (Fsp3) is 0.720. The van der Waals surface area contributed by atoms with Gasteiger partial charge in [0.1, 0.15) is 0 Å². The van der Waals surface area contributed by atoms with Gasteiger partial charge in [0.2, 0.25) is 5.91 Å². The van der Waals surface area contributed by atoms with Gasteiger partial charge in [-0.05, 0) is 67.8 Å². The van der Waals surface area contributed by atoms with Gasteiger partial charge in [-0.25, -0.2) is 4.79 Å². The number of hydrogen-bond donors (Lipinski definition) is 1. The zero-order chi connectivity index (χ0) is 26.1. The molecule has 2 amide bonds. The second-order valence-electron chi connectivity index (χ2n) is 10.5. The summed E-state index contributed by atoms with van der Waals surface area (Å²) in [6, 6.07) is 3.89. The Kier molecular flexibility index (Phi) is 7.71. The van der Waals surface area contributed by atoms with Crippen LogP contribution in [0.5, 0.6) is 0 Å². The molecule has 200 valence electrons. The van der Waals surface area contributed by atoms with E-state index in [2.05, 4.69) is 16.7 Å². The molecule has 3 aliphatic heterocycles. The lowest BCUT2D eigenvalue weighted by molar-refractivity contribution is -0.192. The summed E-state index contributed by atoms with van der Waals surface area (Å²) in [5.41, 5.74) is 0.0752. The molecule has 36 heavy (non-hydrogen) atoms. The number of fused-ring (bicyclic) bond motifs is 2. The highest BCUT2D eigenvalue weighted by molar-refractivity contribution is 7.12. The van der Waals surface area contributed by atoms with Crippen LogP contribution in [0.1, 0.15) is 55.1 Å². The molecule has 0 radical (unpaired) electrons. The lowest BCUT2D eigenvalue weighted by Gasteiger charge is -2.44. The number of piperidine rings is 1. The first-order valence-electron chi connectivity index (χ1n) is 12.7. The van der Waals surface area contributed by atoms with Crippen LogP contribution in [0.25, 0.3) is 0 Å². The van der Waals surface area contributed by atoms with E-state index in [4.69, 9.17) is 9.90 Å². The van der Waals surface area contributed by atoms with Gasteiger partial charge in [-0.3, -0.25) is 9.59 Å². The molecule has 11 heteroatoms. The van der Waals surface area contributed by atoms with Crippen molar-refractivity contribution in [3.63, 3.8) is 0 Å². The maximum Gasteiger partial charge on any atom is 0.490 e. The molecular formula is C25H34F3N3O4S. The zero-order valence-corrected chi connectivity index (χ0v) is 21.4. The number of likely N-dealkylation sites (tertiary alicyclic amines) is 3. The summed E-state index contributed by atoms with van der Waals surface area (Å²) in [4.78, 5) is 43.0. The Hall–Kier alpha value is -2.14. The van der Waals surface area contributed by atoms with Crippen LogP contribution in [-0.4, -0.2) is 89.6 Å². The summed E-state index contributed by atoms with van der Waals surface area (Å²) in [5.74, 6) is -1.66. The van der Waals surface area contributed by atoms with Crippen molar-refractivity contribution in [3.05, 3.63) is 22.4 Å². The van der Waals surface area contributed by atoms with E-state index in [1.807, 2.05) is 22.4 Å².